The van der Waals surface area contributed by atoms with Crippen LogP contribution in [0.15, 0.2) is 64.4 Å². The van der Waals surface area contributed by atoms with E-state index in [9.17, 15) is 24.0 Å². The average Bonchev–Trinajstić information content (AvgIpc) is 3.77. The Hall–Kier alpha value is -6.69. The van der Waals surface area contributed by atoms with E-state index >= 15 is 0 Å². The van der Waals surface area contributed by atoms with Gasteiger partial charge in [0.25, 0.3) is 11.5 Å². The van der Waals surface area contributed by atoms with Crippen LogP contribution in [0, 0.1) is 12.3 Å². The lowest BCUT2D eigenvalue weighted by atomic mass is 9.52. The van der Waals surface area contributed by atoms with Gasteiger partial charge in [0, 0.05) is 69.0 Å². The number of nitrogens with zero attached hydrogens (tertiary/aromatic N) is 7. The molecule has 6 N–H and O–H groups in total. The molecule has 4 fully saturated rings. The molecule has 1 saturated heterocycles. The Labute approximate surface area is 363 Å². The van der Waals surface area contributed by atoms with Crippen molar-refractivity contribution in [3.8, 4) is 0 Å². The van der Waals surface area contributed by atoms with Crippen molar-refractivity contribution < 1.29 is 14.4 Å². The lowest BCUT2D eigenvalue weighted by Crippen LogP contribution is -2.60. The number of piperazine rings is 1. The fraction of sp³-hybridized carbons (Fsp3) is 0.444. The normalized spacial score (nSPS) is 21.1. The zero-order valence-corrected chi connectivity index (χ0v) is 35.8. The van der Waals surface area contributed by atoms with Crippen LogP contribution >= 0.6 is 0 Å². The summed E-state index contributed by atoms with van der Waals surface area (Å²) in [4.78, 5) is 89.7. The van der Waals surface area contributed by atoms with Crippen molar-refractivity contribution in [3.63, 3.8) is 0 Å². The zero-order valence-electron chi connectivity index (χ0n) is 35.8. The van der Waals surface area contributed by atoms with Gasteiger partial charge in [-0.1, -0.05) is 18.9 Å². The first-order valence-corrected chi connectivity index (χ1v) is 21.8. The molecule has 63 heavy (non-hydrogen) atoms. The van der Waals surface area contributed by atoms with E-state index in [0.717, 1.165) is 83.2 Å². The van der Waals surface area contributed by atoms with Crippen molar-refractivity contribution >= 4 is 63.5 Å². The number of aromatic nitrogens is 6. The number of aryl methyl sites for hydroxylation is 1. The molecule has 0 atom stereocenters. The third kappa shape index (κ3) is 8.71. The molecule has 18 heteroatoms. The Balaban J connectivity index is 0.728. The number of H-pyrrole nitrogens is 1. The van der Waals surface area contributed by atoms with E-state index in [1.807, 2.05) is 18.3 Å². The van der Waals surface area contributed by atoms with Crippen LogP contribution in [-0.4, -0.2) is 104 Å². The summed E-state index contributed by atoms with van der Waals surface area (Å²) in [5.74, 6) is 1.74. The second-order valence-electron chi connectivity index (χ2n) is 17.5. The first-order chi connectivity index (χ1) is 30.4. The zero-order chi connectivity index (χ0) is 43.8. The lowest BCUT2D eigenvalue weighted by molar-refractivity contribution is -0.125. The van der Waals surface area contributed by atoms with Gasteiger partial charge < -0.3 is 36.5 Å². The van der Waals surface area contributed by atoms with Gasteiger partial charge in [0.15, 0.2) is 5.78 Å². The fourth-order valence-corrected chi connectivity index (χ4v) is 10.0. The molecular formula is C45H53N13O5. The molecule has 9 rings (SSSR count). The van der Waals surface area contributed by atoms with Crippen molar-refractivity contribution in [1.29, 1.82) is 0 Å². The van der Waals surface area contributed by atoms with Gasteiger partial charge in [0.1, 0.15) is 28.9 Å². The summed E-state index contributed by atoms with van der Waals surface area (Å²) < 4.78 is 1.70. The molecule has 3 aliphatic carbocycles. The number of hydrogen-bond acceptors (Lipinski definition) is 14. The molecule has 0 bridgehead atoms. The molecule has 6 heterocycles. The minimum Gasteiger partial charge on any atom is -0.373 e. The number of pyridine rings is 4. The van der Waals surface area contributed by atoms with Crippen molar-refractivity contribution in [3.05, 3.63) is 92.3 Å². The standard InChI is InChI=1S/C45H53N13O5/c1-26-33-24-48-44(55-41(33)58(30-7-4-5-8-30)43(63)39(26)27(2)59)54-35-13-11-31(23-47-35)57-17-15-56(16-18-57)25-38(61)49-28-19-45(20-28)21-29(22-45)50-40-32(12-14-34(46-3)52-40)42(62)53-36-9-6-10-37(60)51-36/h6,9-14,23-24,28-30H,4-5,7-8,15-22,25H2,1-3H3,(H,49,61)(H2,46,50,52)(H,47,48,54,55)(H2,51,53,60,62). The minimum absolute atomic E-state index is 0.00201. The number of carbonyl (C=O) groups excluding carboxylic acids is 3. The topological polar surface area (TPSA) is 224 Å². The van der Waals surface area contributed by atoms with E-state index in [2.05, 4.69) is 56.3 Å². The first kappa shape index (κ1) is 41.7. The number of fused-ring (bicyclic) bond motifs is 1. The summed E-state index contributed by atoms with van der Waals surface area (Å²) in [5, 5.41) is 16.4. The number of carbonyl (C=O) groups is 3. The third-order valence-corrected chi connectivity index (χ3v) is 13.2. The summed E-state index contributed by atoms with van der Waals surface area (Å²) in [6.45, 7) is 6.59. The van der Waals surface area contributed by atoms with Gasteiger partial charge in [-0.2, -0.15) is 4.98 Å². The number of amides is 2. The lowest BCUT2D eigenvalue weighted by Gasteiger charge is -2.58. The minimum atomic E-state index is -0.374. The van der Waals surface area contributed by atoms with Crippen LogP contribution in [-0.2, 0) is 4.79 Å². The SMILES string of the molecule is CNc1ccc(C(=O)Nc2cccc(=O)[nH]2)c(NC2CC3(CC(NC(=O)CN4CCN(c5ccc(Nc6ncc7c(C)c(C(C)=O)c(=O)n(C8CCCC8)c7n6)nc5)CC4)C3)C2)n1. The molecule has 3 saturated carbocycles. The van der Waals surface area contributed by atoms with Crippen LogP contribution in [0.4, 0.5) is 34.9 Å². The Morgan fingerprint density at radius 2 is 1.62 bits per heavy atom. The highest BCUT2D eigenvalue weighted by Gasteiger charge is 2.53. The van der Waals surface area contributed by atoms with E-state index in [0.29, 0.717) is 57.9 Å². The van der Waals surface area contributed by atoms with E-state index in [4.69, 9.17) is 4.98 Å². The van der Waals surface area contributed by atoms with Crippen LogP contribution < -0.4 is 42.6 Å². The highest BCUT2D eigenvalue weighted by molar-refractivity contribution is 6.07. The van der Waals surface area contributed by atoms with Gasteiger partial charge in [-0.25, -0.2) is 15.0 Å². The Kier molecular flexibility index (Phi) is 11.4. The van der Waals surface area contributed by atoms with Gasteiger partial charge in [0.05, 0.1) is 29.6 Å². The molecule has 4 aliphatic rings. The van der Waals surface area contributed by atoms with Crippen molar-refractivity contribution in [2.45, 2.75) is 83.3 Å². The maximum Gasteiger partial charge on any atom is 0.263 e. The van der Waals surface area contributed by atoms with E-state index in [-0.39, 0.29) is 57.8 Å². The summed E-state index contributed by atoms with van der Waals surface area (Å²) in [5.41, 5.74) is 2.29. The number of hydrogen-bond donors (Lipinski definition) is 6. The summed E-state index contributed by atoms with van der Waals surface area (Å²) in [6.07, 6.45) is 11.0. The molecule has 2 amide bonds. The number of nitrogens with one attached hydrogen (secondary N) is 6. The molecule has 1 spiro atoms. The monoisotopic (exact) mass is 855 g/mol. The molecule has 5 aromatic rings. The van der Waals surface area contributed by atoms with Gasteiger partial charge in [0.2, 0.25) is 17.4 Å². The Morgan fingerprint density at radius 3 is 2.32 bits per heavy atom. The van der Waals surface area contributed by atoms with Crippen LogP contribution in [0.2, 0.25) is 0 Å². The number of ketones is 1. The van der Waals surface area contributed by atoms with Crippen molar-refractivity contribution in [1.82, 2.24) is 39.7 Å². The van der Waals surface area contributed by atoms with Gasteiger partial charge in [-0.15, -0.1) is 0 Å². The van der Waals surface area contributed by atoms with Crippen LogP contribution in [0.3, 0.4) is 0 Å². The number of aromatic amines is 1. The molecule has 328 valence electrons. The predicted octanol–water partition coefficient (Wildman–Crippen LogP) is 4.60. The fourth-order valence-electron chi connectivity index (χ4n) is 10.0. The van der Waals surface area contributed by atoms with Gasteiger partial charge in [-0.3, -0.25) is 33.4 Å². The Bertz CT molecular complexity index is 2670. The van der Waals surface area contributed by atoms with Crippen LogP contribution in [0.5, 0.6) is 0 Å². The predicted molar refractivity (Wildman–Crippen MR) is 241 cm³/mol. The molecule has 0 radical (unpaired) electrons. The van der Waals surface area contributed by atoms with E-state index in [1.165, 1.54) is 13.0 Å². The molecule has 0 aromatic carbocycles. The highest BCUT2D eigenvalue weighted by atomic mass is 16.2. The largest absolute Gasteiger partial charge is 0.373 e. The molecular weight excluding hydrogens is 803 g/mol. The summed E-state index contributed by atoms with van der Waals surface area (Å²) in [7, 11) is 1.77. The quantitative estimate of drug-likeness (QED) is 0.0892. The number of anilines is 6. The Morgan fingerprint density at radius 1 is 0.873 bits per heavy atom. The summed E-state index contributed by atoms with van der Waals surface area (Å²) in [6, 6.07) is 12.2. The maximum absolute atomic E-state index is 13.6. The van der Waals surface area contributed by atoms with Crippen molar-refractivity contribution in [2.75, 3.05) is 65.9 Å². The highest BCUT2D eigenvalue weighted by Crippen LogP contribution is 2.56. The second-order valence-corrected chi connectivity index (χ2v) is 17.5. The maximum atomic E-state index is 13.6. The van der Waals surface area contributed by atoms with E-state index < -0.39 is 0 Å². The molecule has 1 aliphatic heterocycles. The van der Waals surface area contributed by atoms with Crippen LogP contribution in [0.25, 0.3) is 11.0 Å². The smallest absolute Gasteiger partial charge is 0.263 e. The number of Topliss-reactive ketones (excluding diaryl/α,β-unsaturated/α-hetero) is 1. The third-order valence-electron chi connectivity index (χ3n) is 13.2. The van der Waals surface area contributed by atoms with Gasteiger partial charge >= 0.3 is 0 Å². The first-order valence-electron chi connectivity index (χ1n) is 21.8. The van der Waals surface area contributed by atoms with Gasteiger partial charge in [-0.05, 0) is 93.7 Å². The summed E-state index contributed by atoms with van der Waals surface area (Å²) >= 11 is 0. The number of rotatable bonds is 13. The second kappa shape index (κ2) is 17.2. The average molecular weight is 856 g/mol. The van der Waals surface area contributed by atoms with Crippen LogP contribution in [0.1, 0.15) is 90.6 Å². The molecule has 18 nitrogen and oxygen atoms in total. The van der Waals surface area contributed by atoms with Crippen molar-refractivity contribution in [2.24, 2.45) is 5.41 Å². The van der Waals surface area contributed by atoms with E-state index in [1.54, 1.807) is 49.0 Å². The molecule has 5 aromatic heterocycles. The molecule has 0 unspecified atom stereocenters.